The van der Waals surface area contributed by atoms with Gasteiger partial charge in [0.05, 0.1) is 11.4 Å². The van der Waals surface area contributed by atoms with Gasteiger partial charge in [0, 0.05) is 23.9 Å². The third-order valence-electron chi connectivity index (χ3n) is 2.67. The standard InChI is InChI=1S/C11H9N3O/c12-8-5-7-9(14-11(8)15)4-6-2-1-3-13-10(6)7/h1-3,5H,4,12H2,(H,14,15). The fraction of sp³-hybridized carbons (Fsp3) is 0.0909. The zero-order valence-corrected chi connectivity index (χ0v) is 7.95. The molecule has 0 aliphatic heterocycles. The van der Waals surface area contributed by atoms with E-state index < -0.39 is 0 Å². The van der Waals surface area contributed by atoms with E-state index in [-0.39, 0.29) is 11.2 Å². The number of aromatic amines is 1. The van der Waals surface area contributed by atoms with Crippen LogP contribution >= 0.6 is 0 Å². The second-order valence-electron chi connectivity index (χ2n) is 3.63. The minimum atomic E-state index is -0.221. The SMILES string of the molecule is Nc1cc2c([nH]c1=O)Cc1cccnc1-2. The number of H-pyrrole nitrogens is 1. The summed E-state index contributed by atoms with van der Waals surface area (Å²) in [4.78, 5) is 18.4. The van der Waals surface area contributed by atoms with E-state index in [4.69, 9.17) is 5.73 Å². The van der Waals surface area contributed by atoms with Crippen LogP contribution in [0.1, 0.15) is 11.3 Å². The molecule has 0 aromatic carbocycles. The average molecular weight is 199 g/mol. The number of hydrogen-bond acceptors (Lipinski definition) is 3. The highest BCUT2D eigenvalue weighted by Gasteiger charge is 2.20. The molecule has 0 fully saturated rings. The van der Waals surface area contributed by atoms with Crippen LogP contribution in [-0.4, -0.2) is 9.97 Å². The monoisotopic (exact) mass is 199 g/mol. The molecular weight excluding hydrogens is 190 g/mol. The van der Waals surface area contributed by atoms with E-state index in [2.05, 4.69) is 9.97 Å². The number of nitrogens with zero attached hydrogens (tertiary/aromatic N) is 1. The Morgan fingerprint density at radius 3 is 3.20 bits per heavy atom. The van der Waals surface area contributed by atoms with Crippen LogP contribution in [0.5, 0.6) is 0 Å². The maximum absolute atomic E-state index is 11.3. The number of nitrogens with two attached hydrogens (primary N) is 1. The highest BCUT2D eigenvalue weighted by Crippen LogP contribution is 2.33. The molecule has 2 heterocycles. The highest BCUT2D eigenvalue weighted by atomic mass is 16.1. The number of pyridine rings is 2. The average Bonchev–Trinajstić information content (AvgIpc) is 2.57. The first kappa shape index (κ1) is 8.23. The van der Waals surface area contributed by atoms with Crippen molar-refractivity contribution in [3.8, 4) is 11.3 Å². The minimum Gasteiger partial charge on any atom is -0.394 e. The molecule has 74 valence electrons. The fourth-order valence-electron chi connectivity index (χ4n) is 1.95. The Bertz CT molecular complexity index is 601. The molecule has 2 aromatic rings. The van der Waals surface area contributed by atoms with Crippen molar-refractivity contribution in [2.75, 3.05) is 5.73 Å². The first-order valence-corrected chi connectivity index (χ1v) is 4.71. The smallest absolute Gasteiger partial charge is 0.271 e. The van der Waals surface area contributed by atoms with Crippen molar-refractivity contribution in [3.05, 3.63) is 46.0 Å². The summed E-state index contributed by atoms with van der Waals surface area (Å²) < 4.78 is 0. The fourth-order valence-corrected chi connectivity index (χ4v) is 1.95. The maximum Gasteiger partial charge on any atom is 0.271 e. The van der Waals surface area contributed by atoms with Crippen LogP contribution in [0.15, 0.2) is 29.2 Å². The van der Waals surface area contributed by atoms with Gasteiger partial charge in [-0.05, 0) is 17.7 Å². The van der Waals surface area contributed by atoms with Crippen LogP contribution in [0, 0.1) is 0 Å². The van der Waals surface area contributed by atoms with Crippen molar-refractivity contribution in [1.29, 1.82) is 0 Å². The van der Waals surface area contributed by atoms with E-state index in [1.54, 1.807) is 12.3 Å². The molecule has 0 saturated carbocycles. The molecular formula is C11H9N3O. The Hall–Kier alpha value is -2.10. The van der Waals surface area contributed by atoms with Gasteiger partial charge in [-0.2, -0.15) is 0 Å². The van der Waals surface area contributed by atoms with Gasteiger partial charge in [-0.3, -0.25) is 9.78 Å². The Kier molecular flexibility index (Phi) is 1.48. The van der Waals surface area contributed by atoms with Gasteiger partial charge in [0.25, 0.3) is 5.56 Å². The number of hydrogen-bond donors (Lipinski definition) is 2. The lowest BCUT2D eigenvalue weighted by atomic mass is 10.2. The van der Waals surface area contributed by atoms with Crippen LogP contribution in [-0.2, 0) is 6.42 Å². The van der Waals surface area contributed by atoms with E-state index in [1.807, 2.05) is 12.1 Å². The lowest BCUT2D eigenvalue weighted by Crippen LogP contribution is -2.13. The zero-order chi connectivity index (χ0) is 10.4. The Labute approximate surface area is 85.8 Å². The third-order valence-corrected chi connectivity index (χ3v) is 2.67. The lowest BCUT2D eigenvalue weighted by Gasteiger charge is -2.00. The Balaban J connectivity index is 2.33. The topological polar surface area (TPSA) is 71.8 Å². The number of fused-ring (bicyclic) bond motifs is 3. The predicted molar refractivity (Wildman–Crippen MR) is 57.5 cm³/mol. The molecule has 1 aliphatic rings. The summed E-state index contributed by atoms with van der Waals surface area (Å²) in [6.45, 7) is 0. The van der Waals surface area contributed by atoms with Gasteiger partial charge in [-0.25, -0.2) is 0 Å². The summed E-state index contributed by atoms with van der Waals surface area (Å²) in [5.41, 5.74) is 9.51. The summed E-state index contributed by atoms with van der Waals surface area (Å²) in [6.07, 6.45) is 2.48. The molecule has 1 aliphatic carbocycles. The molecule has 0 amide bonds. The molecule has 0 saturated heterocycles. The second kappa shape index (κ2) is 2.70. The van der Waals surface area contributed by atoms with Crippen molar-refractivity contribution in [3.63, 3.8) is 0 Å². The Morgan fingerprint density at radius 1 is 1.47 bits per heavy atom. The maximum atomic E-state index is 11.3. The highest BCUT2D eigenvalue weighted by molar-refractivity contribution is 5.73. The largest absolute Gasteiger partial charge is 0.394 e. The molecule has 0 unspecified atom stereocenters. The number of rotatable bonds is 0. The van der Waals surface area contributed by atoms with Crippen molar-refractivity contribution >= 4 is 5.69 Å². The van der Waals surface area contributed by atoms with Gasteiger partial charge in [0.1, 0.15) is 0 Å². The molecule has 0 bridgehead atoms. The summed E-state index contributed by atoms with van der Waals surface area (Å²) in [6, 6.07) is 5.61. The number of nitrogen functional groups attached to an aromatic ring is 1. The van der Waals surface area contributed by atoms with Gasteiger partial charge in [-0.1, -0.05) is 6.07 Å². The van der Waals surface area contributed by atoms with Gasteiger partial charge < -0.3 is 10.7 Å². The lowest BCUT2D eigenvalue weighted by molar-refractivity contribution is 1.09. The summed E-state index contributed by atoms with van der Waals surface area (Å²) in [5, 5.41) is 0. The molecule has 15 heavy (non-hydrogen) atoms. The van der Waals surface area contributed by atoms with Crippen LogP contribution in [0.4, 0.5) is 5.69 Å². The zero-order valence-electron chi connectivity index (χ0n) is 7.95. The van der Waals surface area contributed by atoms with Crippen molar-refractivity contribution in [2.24, 2.45) is 0 Å². The minimum absolute atomic E-state index is 0.221. The molecule has 4 nitrogen and oxygen atoms in total. The summed E-state index contributed by atoms with van der Waals surface area (Å²) in [7, 11) is 0. The Morgan fingerprint density at radius 2 is 2.33 bits per heavy atom. The third kappa shape index (κ3) is 1.08. The summed E-state index contributed by atoms with van der Waals surface area (Å²) >= 11 is 0. The molecule has 0 spiro atoms. The molecule has 3 N–H and O–H groups in total. The molecule has 0 atom stereocenters. The van der Waals surface area contributed by atoms with Gasteiger partial charge >= 0.3 is 0 Å². The van der Waals surface area contributed by atoms with Crippen LogP contribution < -0.4 is 11.3 Å². The van der Waals surface area contributed by atoms with E-state index in [1.165, 1.54) is 0 Å². The summed E-state index contributed by atoms with van der Waals surface area (Å²) in [5.74, 6) is 0. The van der Waals surface area contributed by atoms with Crippen LogP contribution in [0.25, 0.3) is 11.3 Å². The normalized spacial score (nSPS) is 12.3. The predicted octanol–water partition coefficient (Wildman–Crippen LogP) is 0.923. The first-order valence-electron chi connectivity index (χ1n) is 4.71. The van der Waals surface area contributed by atoms with Gasteiger partial charge in [0.2, 0.25) is 0 Å². The van der Waals surface area contributed by atoms with E-state index in [9.17, 15) is 4.79 Å². The number of aromatic nitrogens is 2. The number of anilines is 1. The molecule has 0 radical (unpaired) electrons. The van der Waals surface area contributed by atoms with Gasteiger partial charge in [-0.15, -0.1) is 0 Å². The quantitative estimate of drug-likeness (QED) is 0.565. The van der Waals surface area contributed by atoms with E-state index >= 15 is 0 Å². The first-order chi connectivity index (χ1) is 7.25. The van der Waals surface area contributed by atoms with Crippen molar-refractivity contribution in [2.45, 2.75) is 6.42 Å². The van der Waals surface area contributed by atoms with Crippen LogP contribution in [0.2, 0.25) is 0 Å². The molecule has 4 heteroatoms. The molecule has 2 aromatic heterocycles. The second-order valence-corrected chi connectivity index (χ2v) is 3.63. The van der Waals surface area contributed by atoms with Crippen LogP contribution in [0.3, 0.4) is 0 Å². The van der Waals surface area contributed by atoms with E-state index in [0.717, 1.165) is 28.9 Å². The molecule has 3 rings (SSSR count). The van der Waals surface area contributed by atoms with Crippen molar-refractivity contribution in [1.82, 2.24) is 9.97 Å². The van der Waals surface area contributed by atoms with Gasteiger partial charge in [0.15, 0.2) is 0 Å². The number of nitrogens with one attached hydrogen (secondary N) is 1. The van der Waals surface area contributed by atoms with Crippen molar-refractivity contribution < 1.29 is 0 Å². The van der Waals surface area contributed by atoms with E-state index in [0.29, 0.717) is 0 Å².